The average Bonchev–Trinajstić information content (AvgIpc) is 2.51. The third-order valence-corrected chi connectivity index (χ3v) is 3.60. The first-order valence-electron chi connectivity index (χ1n) is 7.84. The molecule has 4 heteroatoms. The SMILES string of the molecule is C=CCCC(O)CN(CCN(C)C)Cc1ccc(OC)cc1. The molecule has 0 saturated heterocycles. The molecule has 1 rings (SSSR count). The molecule has 1 atom stereocenters. The zero-order chi connectivity index (χ0) is 16.4. The highest BCUT2D eigenvalue weighted by atomic mass is 16.5. The van der Waals surface area contributed by atoms with Crippen LogP contribution in [0, 0.1) is 0 Å². The average molecular weight is 306 g/mol. The van der Waals surface area contributed by atoms with E-state index < -0.39 is 0 Å². The van der Waals surface area contributed by atoms with Crippen LogP contribution in [0.2, 0.25) is 0 Å². The van der Waals surface area contributed by atoms with Crippen molar-refractivity contribution in [3.8, 4) is 5.75 Å². The molecule has 124 valence electrons. The number of benzene rings is 1. The summed E-state index contributed by atoms with van der Waals surface area (Å²) in [6.45, 7) is 7.15. The lowest BCUT2D eigenvalue weighted by molar-refractivity contribution is 0.0981. The number of methoxy groups -OCH3 is 1. The number of ether oxygens (including phenoxy) is 1. The van der Waals surface area contributed by atoms with E-state index in [4.69, 9.17) is 4.74 Å². The fourth-order valence-electron chi connectivity index (χ4n) is 2.27. The third kappa shape index (κ3) is 7.59. The normalized spacial score (nSPS) is 12.6. The van der Waals surface area contributed by atoms with E-state index >= 15 is 0 Å². The third-order valence-electron chi connectivity index (χ3n) is 3.60. The second-order valence-corrected chi connectivity index (χ2v) is 5.91. The van der Waals surface area contributed by atoms with Crippen molar-refractivity contribution in [1.29, 1.82) is 0 Å². The Hall–Kier alpha value is -1.36. The highest BCUT2D eigenvalue weighted by molar-refractivity contribution is 5.27. The number of hydrogen-bond acceptors (Lipinski definition) is 4. The second kappa shape index (κ2) is 10.4. The summed E-state index contributed by atoms with van der Waals surface area (Å²) in [6.07, 6.45) is 3.17. The van der Waals surface area contributed by atoms with E-state index in [0.29, 0.717) is 6.54 Å². The zero-order valence-electron chi connectivity index (χ0n) is 14.2. The van der Waals surface area contributed by atoms with Crippen molar-refractivity contribution in [2.45, 2.75) is 25.5 Å². The molecule has 0 heterocycles. The molecule has 1 aromatic carbocycles. The molecule has 4 nitrogen and oxygen atoms in total. The van der Waals surface area contributed by atoms with Gasteiger partial charge in [0, 0.05) is 26.2 Å². The van der Waals surface area contributed by atoms with Crippen LogP contribution >= 0.6 is 0 Å². The summed E-state index contributed by atoms with van der Waals surface area (Å²) in [7, 11) is 5.81. The molecule has 0 fully saturated rings. The molecule has 0 radical (unpaired) electrons. The predicted octanol–water partition coefficient (Wildman–Crippen LogP) is 2.39. The molecule has 0 aromatic heterocycles. The summed E-state index contributed by atoms with van der Waals surface area (Å²) >= 11 is 0. The first kappa shape index (κ1) is 18.7. The lowest BCUT2D eigenvalue weighted by atomic mass is 10.1. The minimum absolute atomic E-state index is 0.307. The van der Waals surface area contributed by atoms with Crippen LogP contribution in [0.25, 0.3) is 0 Å². The number of aliphatic hydroxyl groups excluding tert-OH is 1. The Bertz CT molecular complexity index is 418. The smallest absolute Gasteiger partial charge is 0.118 e. The van der Waals surface area contributed by atoms with Gasteiger partial charge in [-0.15, -0.1) is 6.58 Å². The largest absolute Gasteiger partial charge is 0.497 e. The molecule has 0 spiro atoms. The molecule has 0 aliphatic carbocycles. The topological polar surface area (TPSA) is 35.9 Å². The van der Waals surface area contributed by atoms with Crippen molar-refractivity contribution in [1.82, 2.24) is 9.80 Å². The lowest BCUT2D eigenvalue weighted by Gasteiger charge is -2.26. The first-order chi connectivity index (χ1) is 10.5. The predicted molar refractivity (Wildman–Crippen MR) is 92.3 cm³/mol. The lowest BCUT2D eigenvalue weighted by Crippen LogP contribution is -2.36. The Morgan fingerprint density at radius 2 is 1.91 bits per heavy atom. The Balaban J connectivity index is 2.60. The van der Waals surface area contributed by atoms with Gasteiger partial charge in [-0.1, -0.05) is 18.2 Å². The fourth-order valence-corrected chi connectivity index (χ4v) is 2.27. The molecule has 0 bridgehead atoms. The van der Waals surface area contributed by atoms with Gasteiger partial charge in [-0.3, -0.25) is 4.90 Å². The van der Waals surface area contributed by atoms with E-state index in [1.54, 1.807) is 7.11 Å². The Morgan fingerprint density at radius 1 is 1.23 bits per heavy atom. The monoisotopic (exact) mass is 306 g/mol. The molecule has 1 aromatic rings. The van der Waals surface area contributed by atoms with Crippen LogP contribution < -0.4 is 4.74 Å². The van der Waals surface area contributed by atoms with Gasteiger partial charge in [0.2, 0.25) is 0 Å². The summed E-state index contributed by atoms with van der Waals surface area (Å²) in [4.78, 5) is 4.46. The van der Waals surface area contributed by atoms with Gasteiger partial charge in [0.25, 0.3) is 0 Å². The minimum Gasteiger partial charge on any atom is -0.497 e. The quantitative estimate of drug-likeness (QED) is 0.637. The van der Waals surface area contributed by atoms with Gasteiger partial charge in [0.15, 0.2) is 0 Å². The van der Waals surface area contributed by atoms with Crippen molar-refractivity contribution in [2.24, 2.45) is 0 Å². The fraction of sp³-hybridized carbons (Fsp3) is 0.556. The van der Waals surface area contributed by atoms with Crippen molar-refractivity contribution < 1.29 is 9.84 Å². The highest BCUT2D eigenvalue weighted by Crippen LogP contribution is 2.13. The Morgan fingerprint density at radius 3 is 2.45 bits per heavy atom. The number of likely N-dealkylation sites (N-methyl/N-ethyl adjacent to an activating group) is 1. The number of rotatable bonds is 11. The molecule has 0 aliphatic heterocycles. The molecular formula is C18H30N2O2. The van der Waals surface area contributed by atoms with Gasteiger partial charge < -0.3 is 14.7 Å². The van der Waals surface area contributed by atoms with E-state index in [0.717, 1.165) is 38.2 Å². The van der Waals surface area contributed by atoms with Crippen LogP contribution in [0.3, 0.4) is 0 Å². The number of allylic oxidation sites excluding steroid dienone is 1. The molecule has 0 saturated carbocycles. The standard InChI is InChI=1S/C18H30N2O2/c1-5-6-7-17(21)15-20(13-12-19(2)3)14-16-8-10-18(22-4)11-9-16/h5,8-11,17,21H,1,6-7,12-15H2,2-4H3. The molecule has 1 N–H and O–H groups in total. The van der Waals surface area contributed by atoms with Crippen LogP contribution in [0.1, 0.15) is 18.4 Å². The van der Waals surface area contributed by atoms with Crippen molar-refractivity contribution in [3.05, 3.63) is 42.5 Å². The van der Waals surface area contributed by atoms with Crippen LogP contribution in [-0.2, 0) is 6.54 Å². The summed E-state index contributed by atoms with van der Waals surface area (Å²) in [5.74, 6) is 0.870. The van der Waals surface area contributed by atoms with Gasteiger partial charge in [-0.2, -0.15) is 0 Å². The van der Waals surface area contributed by atoms with E-state index in [1.165, 1.54) is 5.56 Å². The van der Waals surface area contributed by atoms with Crippen molar-refractivity contribution in [2.75, 3.05) is 40.8 Å². The van der Waals surface area contributed by atoms with Crippen LogP contribution in [-0.4, -0.2) is 61.8 Å². The van der Waals surface area contributed by atoms with E-state index in [9.17, 15) is 5.11 Å². The molecule has 22 heavy (non-hydrogen) atoms. The van der Waals surface area contributed by atoms with Crippen LogP contribution in [0.4, 0.5) is 0 Å². The van der Waals surface area contributed by atoms with Crippen LogP contribution in [0.5, 0.6) is 5.75 Å². The first-order valence-corrected chi connectivity index (χ1v) is 7.84. The molecule has 0 aliphatic rings. The Kier molecular flexibility index (Phi) is 8.82. The Labute approximate surface area is 135 Å². The maximum absolute atomic E-state index is 10.2. The van der Waals surface area contributed by atoms with Crippen molar-refractivity contribution >= 4 is 0 Å². The zero-order valence-corrected chi connectivity index (χ0v) is 14.2. The van der Waals surface area contributed by atoms with E-state index in [2.05, 4.69) is 42.6 Å². The highest BCUT2D eigenvalue weighted by Gasteiger charge is 2.12. The van der Waals surface area contributed by atoms with Gasteiger partial charge in [-0.25, -0.2) is 0 Å². The maximum atomic E-state index is 10.2. The summed E-state index contributed by atoms with van der Waals surface area (Å²) in [5.41, 5.74) is 1.23. The molecule has 0 amide bonds. The molecule has 1 unspecified atom stereocenters. The minimum atomic E-state index is -0.307. The number of hydrogen-bond donors (Lipinski definition) is 1. The van der Waals surface area contributed by atoms with Gasteiger partial charge >= 0.3 is 0 Å². The summed E-state index contributed by atoms with van der Waals surface area (Å²) < 4.78 is 5.19. The van der Waals surface area contributed by atoms with Crippen molar-refractivity contribution in [3.63, 3.8) is 0 Å². The molecular weight excluding hydrogens is 276 g/mol. The second-order valence-electron chi connectivity index (χ2n) is 5.91. The summed E-state index contributed by atoms with van der Waals surface area (Å²) in [6, 6.07) is 8.12. The van der Waals surface area contributed by atoms with Gasteiger partial charge in [-0.05, 0) is 44.6 Å². The van der Waals surface area contributed by atoms with Gasteiger partial charge in [0.1, 0.15) is 5.75 Å². The van der Waals surface area contributed by atoms with E-state index in [1.807, 2.05) is 18.2 Å². The van der Waals surface area contributed by atoms with Crippen LogP contribution in [0.15, 0.2) is 36.9 Å². The maximum Gasteiger partial charge on any atom is 0.118 e. The summed E-state index contributed by atoms with van der Waals surface area (Å²) in [5, 5.41) is 10.2. The number of aliphatic hydroxyl groups is 1. The number of nitrogens with zero attached hydrogens (tertiary/aromatic N) is 2. The van der Waals surface area contributed by atoms with E-state index in [-0.39, 0.29) is 6.10 Å². The van der Waals surface area contributed by atoms with Gasteiger partial charge in [0.05, 0.1) is 13.2 Å².